The third-order valence-corrected chi connectivity index (χ3v) is 10.6. The molecule has 0 aromatic heterocycles. The van der Waals surface area contributed by atoms with E-state index in [2.05, 4.69) is 40.7 Å². The van der Waals surface area contributed by atoms with Crippen molar-refractivity contribution in [2.45, 2.75) is 116 Å². The van der Waals surface area contributed by atoms with Crippen LogP contribution in [0.25, 0.3) is 0 Å². The summed E-state index contributed by atoms with van der Waals surface area (Å²) in [7, 11) is 0. The summed E-state index contributed by atoms with van der Waals surface area (Å²) in [4.78, 5) is -0.206. The zero-order valence-corrected chi connectivity index (χ0v) is 20.4. The second-order valence-electron chi connectivity index (χ2n) is 12.4. The van der Waals surface area contributed by atoms with E-state index in [-0.39, 0.29) is 11.0 Å². The Morgan fingerprint density at radius 3 is 2.62 bits per heavy atom. The molecule has 1 N–H and O–H groups in total. The largest absolute Gasteiger partial charge is 0.393 e. The summed E-state index contributed by atoms with van der Waals surface area (Å²) in [6.45, 7) is 11.7. The van der Waals surface area contributed by atoms with Gasteiger partial charge < -0.3 is 5.11 Å². The van der Waals surface area contributed by atoms with Crippen LogP contribution in [0.1, 0.15) is 105 Å². The van der Waals surface area contributed by atoms with Crippen molar-refractivity contribution in [2.75, 3.05) is 0 Å². The van der Waals surface area contributed by atoms with Crippen LogP contribution >= 0.6 is 11.6 Å². The van der Waals surface area contributed by atoms with E-state index in [4.69, 9.17) is 11.6 Å². The van der Waals surface area contributed by atoms with Gasteiger partial charge in [0, 0.05) is 4.87 Å². The number of rotatable bonds is 5. The molecule has 0 heterocycles. The Balaban J connectivity index is 1.50. The summed E-state index contributed by atoms with van der Waals surface area (Å²) >= 11 is 6.41. The molecule has 4 aliphatic rings. The average molecular weight is 421 g/mol. The first-order valence-electron chi connectivity index (χ1n) is 12.6. The molecular formula is C27H45ClO. The standard InChI is InChI=1S/C27H45ClO/c1-18(24(29)14-16-25(2,3)28)21-11-12-22-20-10-9-19-8-6-7-15-26(19,4)23(20)13-17-27(21,22)5/h9,18,20-24,29H,6-8,10-17H2,1-5H3/t18-,20-,21+,22-,23-,24?,26-,27+/m0/s1. The fraction of sp³-hybridized carbons (Fsp3) is 0.926. The van der Waals surface area contributed by atoms with Gasteiger partial charge in [0.25, 0.3) is 0 Å². The molecule has 0 aliphatic heterocycles. The Kier molecular flexibility index (Phi) is 6.00. The van der Waals surface area contributed by atoms with E-state index >= 15 is 0 Å². The molecule has 1 nitrogen and oxygen atoms in total. The fourth-order valence-electron chi connectivity index (χ4n) is 8.62. The highest BCUT2D eigenvalue weighted by Gasteiger charge is 2.59. The van der Waals surface area contributed by atoms with Crippen molar-refractivity contribution < 1.29 is 5.11 Å². The number of halogens is 1. The van der Waals surface area contributed by atoms with Crippen molar-refractivity contribution in [3.05, 3.63) is 11.6 Å². The van der Waals surface area contributed by atoms with E-state index < -0.39 is 0 Å². The molecule has 29 heavy (non-hydrogen) atoms. The molecule has 0 saturated heterocycles. The molecule has 0 bridgehead atoms. The van der Waals surface area contributed by atoms with Crippen molar-refractivity contribution >= 4 is 11.6 Å². The second kappa shape index (κ2) is 7.84. The molecule has 0 aromatic carbocycles. The molecule has 3 fully saturated rings. The average Bonchev–Trinajstić information content (AvgIpc) is 3.01. The number of aliphatic hydroxyl groups is 1. The topological polar surface area (TPSA) is 20.2 Å². The maximum Gasteiger partial charge on any atom is 0.0569 e. The predicted molar refractivity (Wildman–Crippen MR) is 124 cm³/mol. The van der Waals surface area contributed by atoms with E-state index in [1.54, 1.807) is 0 Å². The van der Waals surface area contributed by atoms with Crippen LogP contribution in [0, 0.1) is 40.4 Å². The van der Waals surface area contributed by atoms with E-state index in [0.29, 0.717) is 22.7 Å². The monoisotopic (exact) mass is 420 g/mol. The van der Waals surface area contributed by atoms with Crippen molar-refractivity contribution in [3.63, 3.8) is 0 Å². The zero-order chi connectivity index (χ0) is 21.0. The molecule has 8 atom stereocenters. The van der Waals surface area contributed by atoms with Crippen molar-refractivity contribution in [1.82, 2.24) is 0 Å². The quantitative estimate of drug-likeness (QED) is 0.356. The molecule has 2 heteroatoms. The number of fused-ring (bicyclic) bond motifs is 5. The minimum Gasteiger partial charge on any atom is -0.393 e. The lowest BCUT2D eigenvalue weighted by atomic mass is 9.47. The molecule has 4 rings (SSSR count). The second-order valence-corrected chi connectivity index (χ2v) is 13.4. The number of allylic oxidation sites excluding steroid dienone is 2. The van der Waals surface area contributed by atoms with Gasteiger partial charge in [-0.25, -0.2) is 0 Å². The van der Waals surface area contributed by atoms with Crippen molar-refractivity contribution in [2.24, 2.45) is 40.4 Å². The summed E-state index contributed by atoms with van der Waals surface area (Å²) < 4.78 is 0. The highest BCUT2D eigenvalue weighted by atomic mass is 35.5. The van der Waals surface area contributed by atoms with Crippen LogP contribution in [-0.4, -0.2) is 16.1 Å². The van der Waals surface area contributed by atoms with Crippen LogP contribution < -0.4 is 0 Å². The van der Waals surface area contributed by atoms with E-state index in [9.17, 15) is 5.11 Å². The van der Waals surface area contributed by atoms with Crippen LogP contribution in [-0.2, 0) is 0 Å². The molecule has 0 spiro atoms. The third-order valence-electron chi connectivity index (χ3n) is 10.4. The first kappa shape index (κ1) is 22.2. The molecule has 0 radical (unpaired) electrons. The fourth-order valence-corrected chi connectivity index (χ4v) is 8.73. The van der Waals surface area contributed by atoms with Crippen LogP contribution in [0.2, 0.25) is 0 Å². The number of hydrogen-bond acceptors (Lipinski definition) is 1. The van der Waals surface area contributed by atoms with Gasteiger partial charge in [0.15, 0.2) is 0 Å². The van der Waals surface area contributed by atoms with Crippen LogP contribution in [0.5, 0.6) is 0 Å². The van der Waals surface area contributed by atoms with Crippen LogP contribution in [0.15, 0.2) is 11.6 Å². The highest BCUT2D eigenvalue weighted by Crippen LogP contribution is 2.67. The van der Waals surface area contributed by atoms with Gasteiger partial charge in [-0.2, -0.15) is 0 Å². The van der Waals surface area contributed by atoms with Gasteiger partial charge in [-0.1, -0.05) is 38.8 Å². The lowest BCUT2D eigenvalue weighted by molar-refractivity contribution is -0.0628. The van der Waals surface area contributed by atoms with E-state index in [1.165, 1.54) is 57.8 Å². The third kappa shape index (κ3) is 3.86. The van der Waals surface area contributed by atoms with Crippen LogP contribution in [0.3, 0.4) is 0 Å². The lowest BCUT2D eigenvalue weighted by Gasteiger charge is -2.58. The molecule has 0 amide bonds. The molecule has 1 unspecified atom stereocenters. The zero-order valence-electron chi connectivity index (χ0n) is 19.6. The normalized spacial score (nSPS) is 44.3. The van der Waals surface area contributed by atoms with Crippen LogP contribution in [0.4, 0.5) is 0 Å². The molecule has 3 saturated carbocycles. The van der Waals surface area contributed by atoms with Gasteiger partial charge in [-0.05, 0) is 118 Å². The number of aliphatic hydroxyl groups excluding tert-OH is 1. The van der Waals surface area contributed by atoms with Gasteiger partial charge >= 0.3 is 0 Å². The summed E-state index contributed by atoms with van der Waals surface area (Å²) in [6, 6.07) is 0. The number of alkyl halides is 1. The smallest absolute Gasteiger partial charge is 0.0569 e. The highest BCUT2D eigenvalue weighted by molar-refractivity contribution is 6.23. The minimum atomic E-state index is -0.208. The Bertz CT molecular complexity index is 633. The Morgan fingerprint density at radius 2 is 1.90 bits per heavy atom. The van der Waals surface area contributed by atoms with Crippen molar-refractivity contribution in [1.29, 1.82) is 0 Å². The number of hydrogen-bond donors (Lipinski definition) is 1. The summed E-state index contributed by atoms with van der Waals surface area (Å²) in [5.41, 5.74) is 2.74. The maximum absolute atomic E-state index is 11.0. The van der Waals surface area contributed by atoms with E-state index in [0.717, 1.165) is 30.6 Å². The summed E-state index contributed by atoms with van der Waals surface area (Å²) in [6.07, 6.45) is 16.7. The maximum atomic E-state index is 11.0. The Hall–Kier alpha value is -0.0100. The first-order chi connectivity index (χ1) is 13.6. The van der Waals surface area contributed by atoms with Gasteiger partial charge in [-0.3, -0.25) is 0 Å². The van der Waals surface area contributed by atoms with Gasteiger partial charge in [0.2, 0.25) is 0 Å². The molecular weight excluding hydrogens is 376 g/mol. The lowest BCUT2D eigenvalue weighted by Crippen LogP contribution is -2.50. The minimum absolute atomic E-state index is 0.206. The van der Waals surface area contributed by atoms with Gasteiger partial charge in [-0.15, -0.1) is 11.6 Å². The Labute approximate surface area is 185 Å². The summed E-state index contributed by atoms with van der Waals surface area (Å²) in [5.74, 6) is 3.72. The molecule has 166 valence electrons. The molecule has 4 aliphatic carbocycles. The summed E-state index contributed by atoms with van der Waals surface area (Å²) in [5, 5.41) is 11.0. The molecule has 0 aromatic rings. The van der Waals surface area contributed by atoms with E-state index in [1.807, 2.05) is 5.57 Å². The van der Waals surface area contributed by atoms with Gasteiger partial charge in [0.05, 0.1) is 6.10 Å². The van der Waals surface area contributed by atoms with Crippen molar-refractivity contribution in [3.8, 4) is 0 Å². The predicted octanol–water partition coefficient (Wildman–Crippen LogP) is 7.75. The Morgan fingerprint density at radius 1 is 1.14 bits per heavy atom. The first-order valence-corrected chi connectivity index (χ1v) is 13.0. The van der Waals surface area contributed by atoms with Gasteiger partial charge in [0.1, 0.15) is 0 Å². The SMILES string of the molecule is C[C@H](C(O)CCC(C)(C)Cl)[C@H]1CC[C@H]2[C@@H]3CC=C4CCCC[C@]4(C)[C@H]3CC[C@]12C.